The number of nitrogens with one attached hydrogen (secondary N) is 1. The quantitative estimate of drug-likeness (QED) is 0.470. The van der Waals surface area contributed by atoms with Gasteiger partial charge in [-0.1, -0.05) is 0 Å². The molecule has 0 radical (unpaired) electrons. The van der Waals surface area contributed by atoms with Crippen molar-refractivity contribution in [3.63, 3.8) is 0 Å². The zero-order valence-corrected chi connectivity index (χ0v) is 11.5. The van der Waals surface area contributed by atoms with E-state index in [0.717, 1.165) is 19.0 Å². The lowest BCUT2D eigenvalue weighted by Gasteiger charge is -2.20. The number of hydrogen-bond acceptors (Lipinski definition) is 4. The van der Waals surface area contributed by atoms with Crippen molar-refractivity contribution in [1.29, 1.82) is 0 Å². The van der Waals surface area contributed by atoms with Crippen LogP contribution in [0.1, 0.15) is 20.3 Å². The maximum absolute atomic E-state index is 13.2. The molecule has 19 heavy (non-hydrogen) atoms. The average Bonchev–Trinajstić information content (AvgIpc) is 2.33. The second kappa shape index (κ2) is 7.04. The van der Waals surface area contributed by atoms with E-state index in [-0.39, 0.29) is 5.69 Å². The normalized spacial score (nSPS) is 11.1. The van der Waals surface area contributed by atoms with Crippen LogP contribution in [0.5, 0.6) is 0 Å². The summed E-state index contributed by atoms with van der Waals surface area (Å²) in [6.07, 6.45) is 0.888. The van der Waals surface area contributed by atoms with E-state index in [1.807, 2.05) is 7.05 Å². The second-order valence-electron chi connectivity index (χ2n) is 4.81. The molecule has 6 heteroatoms. The summed E-state index contributed by atoms with van der Waals surface area (Å²) >= 11 is 0. The molecule has 0 fully saturated rings. The summed E-state index contributed by atoms with van der Waals surface area (Å²) in [4.78, 5) is 12.2. The summed E-state index contributed by atoms with van der Waals surface area (Å²) in [5, 5.41) is 13.6. The highest BCUT2D eigenvalue weighted by atomic mass is 19.1. The molecule has 0 aromatic heterocycles. The van der Waals surface area contributed by atoms with Crippen LogP contribution in [-0.4, -0.2) is 36.0 Å². The molecule has 0 saturated carbocycles. The van der Waals surface area contributed by atoms with Crippen molar-refractivity contribution in [3.05, 3.63) is 34.1 Å². The molecule has 0 heterocycles. The van der Waals surface area contributed by atoms with Gasteiger partial charge in [-0.15, -0.1) is 0 Å². The lowest BCUT2D eigenvalue weighted by atomic mass is 10.2. The first-order valence-corrected chi connectivity index (χ1v) is 6.29. The summed E-state index contributed by atoms with van der Waals surface area (Å²) in [5.41, 5.74) is 0.209. The minimum Gasteiger partial charge on any atom is -0.385 e. The van der Waals surface area contributed by atoms with E-state index in [9.17, 15) is 14.5 Å². The molecule has 0 amide bonds. The number of nitro groups is 1. The van der Waals surface area contributed by atoms with Gasteiger partial charge >= 0.3 is 0 Å². The molecular formula is C13H20FN3O2. The molecule has 0 aliphatic heterocycles. The fourth-order valence-electron chi connectivity index (χ4n) is 1.60. The monoisotopic (exact) mass is 269 g/mol. The molecule has 0 unspecified atom stereocenters. The van der Waals surface area contributed by atoms with E-state index >= 15 is 0 Å². The first-order valence-electron chi connectivity index (χ1n) is 6.29. The largest absolute Gasteiger partial charge is 0.385 e. The molecule has 106 valence electrons. The molecule has 0 saturated heterocycles. The van der Waals surface area contributed by atoms with Crippen LogP contribution < -0.4 is 5.32 Å². The fourth-order valence-corrected chi connectivity index (χ4v) is 1.60. The summed E-state index contributed by atoms with van der Waals surface area (Å²) in [6.45, 7) is 5.80. The third kappa shape index (κ3) is 5.21. The maximum atomic E-state index is 13.2. The molecule has 1 aromatic rings. The van der Waals surface area contributed by atoms with Crippen molar-refractivity contribution in [2.45, 2.75) is 26.3 Å². The molecule has 1 rings (SSSR count). The highest BCUT2D eigenvalue weighted by Gasteiger charge is 2.09. The van der Waals surface area contributed by atoms with E-state index < -0.39 is 10.7 Å². The van der Waals surface area contributed by atoms with Crippen LogP contribution in [0.25, 0.3) is 0 Å². The molecule has 0 aliphatic carbocycles. The van der Waals surface area contributed by atoms with Crippen molar-refractivity contribution in [2.75, 3.05) is 25.5 Å². The molecule has 1 aromatic carbocycles. The van der Waals surface area contributed by atoms with Crippen molar-refractivity contribution < 1.29 is 9.31 Å². The maximum Gasteiger partial charge on any atom is 0.274 e. The van der Waals surface area contributed by atoms with Gasteiger partial charge in [0.2, 0.25) is 0 Å². The topological polar surface area (TPSA) is 58.4 Å². The lowest BCUT2D eigenvalue weighted by Crippen LogP contribution is -2.28. The number of hydrogen-bond donors (Lipinski definition) is 1. The lowest BCUT2D eigenvalue weighted by molar-refractivity contribution is -0.385. The minimum absolute atomic E-state index is 0.234. The predicted octanol–water partition coefficient (Wildman–Crippen LogP) is 2.88. The smallest absolute Gasteiger partial charge is 0.274 e. The van der Waals surface area contributed by atoms with Gasteiger partial charge in [0, 0.05) is 24.3 Å². The number of anilines is 1. The number of benzene rings is 1. The van der Waals surface area contributed by atoms with Crippen LogP contribution in [0.4, 0.5) is 15.8 Å². The van der Waals surface area contributed by atoms with E-state index in [2.05, 4.69) is 24.1 Å². The SMILES string of the molecule is CC(C)N(C)CCCNc1cc(F)cc([N+](=O)[O-])c1. The van der Waals surface area contributed by atoms with E-state index in [4.69, 9.17) is 0 Å². The molecule has 0 bridgehead atoms. The van der Waals surface area contributed by atoms with Gasteiger partial charge in [0.25, 0.3) is 5.69 Å². The Kier molecular flexibility index (Phi) is 5.69. The van der Waals surface area contributed by atoms with Gasteiger partial charge in [-0.05, 0) is 39.9 Å². The van der Waals surface area contributed by atoms with Crippen molar-refractivity contribution in [1.82, 2.24) is 4.90 Å². The van der Waals surface area contributed by atoms with Crippen molar-refractivity contribution >= 4 is 11.4 Å². The average molecular weight is 269 g/mol. The Balaban J connectivity index is 2.47. The van der Waals surface area contributed by atoms with Gasteiger partial charge in [0.15, 0.2) is 0 Å². The Bertz CT molecular complexity index is 438. The van der Waals surface area contributed by atoms with Crippen LogP contribution in [-0.2, 0) is 0 Å². The summed E-state index contributed by atoms with van der Waals surface area (Å²) < 4.78 is 13.2. The van der Waals surface area contributed by atoms with Crippen LogP contribution in [0.2, 0.25) is 0 Å². The van der Waals surface area contributed by atoms with E-state index in [1.54, 1.807) is 0 Å². The van der Waals surface area contributed by atoms with Crippen LogP contribution in [0.3, 0.4) is 0 Å². The Morgan fingerprint density at radius 2 is 2.11 bits per heavy atom. The first kappa shape index (κ1) is 15.4. The van der Waals surface area contributed by atoms with Crippen LogP contribution in [0.15, 0.2) is 18.2 Å². The Labute approximate surface area is 112 Å². The third-order valence-electron chi connectivity index (χ3n) is 2.99. The van der Waals surface area contributed by atoms with Gasteiger partial charge in [-0.3, -0.25) is 10.1 Å². The van der Waals surface area contributed by atoms with Gasteiger partial charge < -0.3 is 10.2 Å². The Morgan fingerprint density at radius 1 is 1.42 bits per heavy atom. The van der Waals surface area contributed by atoms with Gasteiger partial charge in [0.05, 0.1) is 11.0 Å². The van der Waals surface area contributed by atoms with Crippen LogP contribution >= 0.6 is 0 Å². The van der Waals surface area contributed by atoms with Crippen molar-refractivity contribution in [2.24, 2.45) is 0 Å². The van der Waals surface area contributed by atoms with Crippen LogP contribution in [0, 0.1) is 15.9 Å². The molecule has 1 N–H and O–H groups in total. The Morgan fingerprint density at radius 3 is 2.68 bits per heavy atom. The number of nitro benzene ring substituents is 1. The highest BCUT2D eigenvalue weighted by Crippen LogP contribution is 2.19. The third-order valence-corrected chi connectivity index (χ3v) is 2.99. The number of rotatable bonds is 7. The number of halogens is 1. The summed E-state index contributed by atoms with van der Waals surface area (Å²) in [5.74, 6) is -0.601. The first-order chi connectivity index (χ1) is 8.90. The van der Waals surface area contributed by atoms with Gasteiger partial charge in [-0.2, -0.15) is 0 Å². The highest BCUT2D eigenvalue weighted by molar-refractivity contribution is 5.51. The fraction of sp³-hybridized carbons (Fsp3) is 0.538. The summed E-state index contributed by atoms with van der Waals surface area (Å²) in [6, 6.07) is 4.00. The molecule has 0 spiro atoms. The van der Waals surface area contributed by atoms with Gasteiger partial charge in [-0.25, -0.2) is 4.39 Å². The van der Waals surface area contributed by atoms with Crippen molar-refractivity contribution in [3.8, 4) is 0 Å². The van der Waals surface area contributed by atoms with E-state index in [0.29, 0.717) is 18.3 Å². The number of nitrogens with zero attached hydrogens (tertiary/aromatic N) is 2. The van der Waals surface area contributed by atoms with E-state index in [1.165, 1.54) is 12.1 Å². The minimum atomic E-state index is -0.601. The molecule has 0 aliphatic rings. The zero-order valence-electron chi connectivity index (χ0n) is 11.5. The zero-order chi connectivity index (χ0) is 14.4. The number of non-ortho nitro benzene ring substituents is 1. The summed E-state index contributed by atoms with van der Waals surface area (Å²) in [7, 11) is 2.04. The molecule has 0 atom stereocenters. The predicted molar refractivity (Wildman–Crippen MR) is 73.9 cm³/mol. The van der Waals surface area contributed by atoms with Gasteiger partial charge in [0.1, 0.15) is 5.82 Å². The second-order valence-corrected chi connectivity index (χ2v) is 4.81. The standard InChI is InChI=1S/C13H20FN3O2/c1-10(2)16(3)6-4-5-15-12-7-11(14)8-13(9-12)17(18)19/h7-10,15H,4-6H2,1-3H3. The Hall–Kier alpha value is -1.69. The molecular weight excluding hydrogens is 249 g/mol. The molecule has 5 nitrogen and oxygen atoms in total.